The third-order valence-electron chi connectivity index (χ3n) is 3.70. The fourth-order valence-electron chi connectivity index (χ4n) is 2.33. The molecule has 3 nitrogen and oxygen atoms in total. The molecule has 138 valence electrons. The minimum absolute atomic E-state index is 0.292. The van der Waals surface area contributed by atoms with Crippen molar-refractivity contribution in [2.24, 2.45) is 0 Å². The number of halogens is 3. The Kier molecular flexibility index (Phi) is 5.51. The molecule has 1 N–H and O–H groups in total. The van der Waals surface area contributed by atoms with Gasteiger partial charge in [0.15, 0.2) is 0 Å². The minimum Gasteiger partial charge on any atom is -0.322 e. The van der Waals surface area contributed by atoms with Gasteiger partial charge in [-0.05, 0) is 49.4 Å². The lowest BCUT2D eigenvalue weighted by molar-refractivity contribution is -0.137. The van der Waals surface area contributed by atoms with E-state index >= 15 is 0 Å². The molecule has 3 aromatic rings. The number of carbonyl (C=O) groups is 1. The number of hydrogen-bond acceptors (Lipinski definition) is 3. The van der Waals surface area contributed by atoms with E-state index in [1.54, 1.807) is 30.3 Å². The van der Waals surface area contributed by atoms with Crippen LogP contribution in [-0.2, 0) is 6.18 Å². The first-order valence-electron chi connectivity index (χ1n) is 8.01. The number of amides is 1. The molecule has 0 unspecified atom stereocenters. The number of carbonyl (C=O) groups excluding carboxylic acids is 1. The predicted octanol–water partition coefficient (Wildman–Crippen LogP) is 5.81. The van der Waals surface area contributed by atoms with E-state index in [2.05, 4.69) is 10.3 Å². The topological polar surface area (TPSA) is 42.0 Å². The van der Waals surface area contributed by atoms with Crippen LogP contribution in [0.25, 0.3) is 0 Å². The van der Waals surface area contributed by atoms with Gasteiger partial charge in [0.05, 0.1) is 11.1 Å². The molecule has 0 aliphatic carbocycles. The van der Waals surface area contributed by atoms with Crippen LogP contribution < -0.4 is 5.32 Å². The molecule has 1 amide bonds. The van der Waals surface area contributed by atoms with Gasteiger partial charge in [-0.3, -0.25) is 4.79 Å². The third kappa shape index (κ3) is 4.89. The Bertz CT molecular complexity index is 956. The summed E-state index contributed by atoms with van der Waals surface area (Å²) in [7, 11) is 0. The first-order valence-corrected chi connectivity index (χ1v) is 8.83. The molecule has 1 heterocycles. The van der Waals surface area contributed by atoms with E-state index in [1.807, 2.05) is 19.1 Å². The number of rotatable bonds is 4. The van der Waals surface area contributed by atoms with Gasteiger partial charge in [-0.2, -0.15) is 13.2 Å². The lowest BCUT2D eigenvalue weighted by atomic mass is 10.2. The monoisotopic (exact) mass is 388 g/mol. The number of anilines is 1. The van der Waals surface area contributed by atoms with Gasteiger partial charge in [-0.1, -0.05) is 35.5 Å². The minimum atomic E-state index is -4.42. The molecule has 0 radical (unpaired) electrons. The number of nitrogens with one attached hydrogen (secondary N) is 1. The maximum atomic E-state index is 12.9. The van der Waals surface area contributed by atoms with Gasteiger partial charge in [-0.15, -0.1) is 0 Å². The number of aromatic nitrogens is 1. The smallest absolute Gasteiger partial charge is 0.322 e. The Hall–Kier alpha value is -2.80. The molecule has 1 aromatic heterocycles. The zero-order valence-electron chi connectivity index (χ0n) is 14.2. The Morgan fingerprint density at radius 2 is 1.78 bits per heavy atom. The van der Waals surface area contributed by atoms with E-state index in [0.717, 1.165) is 29.5 Å². The van der Waals surface area contributed by atoms with E-state index in [9.17, 15) is 18.0 Å². The molecular formula is C20H15F3N2OS. The van der Waals surface area contributed by atoms with Crippen molar-refractivity contribution < 1.29 is 18.0 Å². The van der Waals surface area contributed by atoms with Crippen LogP contribution in [0.15, 0.2) is 76.8 Å². The Morgan fingerprint density at radius 1 is 1.04 bits per heavy atom. The maximum absolute atomic E-state index is 12.9. The van der Waals surface area contributed by atoms with E-state index < -0.39 is 11.7 Å². The highest BCUT2D eigenvalue weighted by Crippen LogP contribution is 2.34. The van der Waals surface area contributed by atoms with Crippen molar-refractivity contribution in [3.63, 3.8) is 0 Å². The van der Waals surface area contributed by atoms with Gasteiger partial charge in [0, 0.05) is 16.8 Å². The molecule has 0 fully saturated rings. The fraction of sp³-hybridized carbons (Fsp3) is 0.100. The van der Waals surface area contributed by atoms with Crippen LogP contribution in [0.1, 0.15) is 21.5 Å². The lowest BCUT2D eigenvalue weighted by Gasteiger charge is -2.11. The molecule has 0 spiro atoms. The number of hydrogen-bond donors (Lipinski definition) is 1. The molecule has 0 bridgehead atoms. The second kappa shape index (κ2) is 7.84. The Morgan fingerprint density at radius 3 is 2.48 bits per heavy atom. The third-order valence-corrected chi connectivity index (χ3v) is 4.71. The van der Waals surface area contributed by atoms with Crippen LogP contribution in [0.4, 0.5) is 18.9 Å². The molecule has 0 saturated carbocycles. The van der Waals surface area contributed by atoms with Crippen molar-refractivity contribution >= 4 is 23.4 Å². The zero-order chi connectivity index (χ0) is 19.4. The van der Waals surface area contributed by atoms with Crippen LogP contribution in [0, 0.1) is 6.92 Å². The van der Waals surface area contributed by atoms with Gasteiger partial charge in [-0.25, -0.2) is 4.98 Å². The summed E-state index contributed by atoms with van der Waals surface area (Å²) in [5, 5.41) is 3.11. The predicted molar refractivity (Wildman–Crippen MR) is 98.9 cm³/mol. The number of nitrogens with zero attached hydrogens (tertiary/aromatic N) is 1. The van der Waals surface area contributed by atoms with Crippen molar-refractivity contribution in [2.75, 3.05) is 5.32 Å². The number of alkyl halides is 3. The van der Waals surface area contributed by atoms with E-state index in [4.69, 9.17) is 0 Å². The van der Waals surface area contributed by atoms with E-state index in [1.165, 1.54) is 12.3 Å². The fourth-order valence-corrected chi connectivity index (χ4v) is 3.27. The molecule has 0 atom stereocenters. The van der Waals surface area contributed by atoms with E-state index in [-0.39, 0.29) is 5.91 Å². The first-order chi connectivity index (χ1) is 12.8. The quantitative estimate of drug-likeness (QED) is 0.613. The lowest BCUT2D eigenvalue weighted by Crippen LogP contribution is -2.13. The van der Waals surface area contributed by atoms with Crippen molar-refractivity contribution in [1.82, 2.24) is 4.98 Å². The number of aryl methyl sites for hydroxylation is 1. The summed E-state index contributed by atoms with van der Waals surface area (Å²) in [6.45, 7) is 1.94. The molecule has 0 aliphatic rings. The average molecular weight is 388 g/mol. The van der Waals surface area contributed by atoms with Gasteiger partial charge in [0.25, 0.3) is 5.91 Å². The SMILES string of the molecule is Cc1ccc(NC(=O)c2cccnc2Sc2cccc(C(F)(F)F)c2)cc1. The molecular weight excluding hydrogens is 373 g/mol. The summed E-state index contributed by atoms with van der Waals surface area (Å²) < 4.78 is 38.7. The van der Waals surface area contributed by atoms with Crippen molar-refractivity contribution in [1.29, 1.82) is 0 Å². The highest BCUT2D eigenvalue weighted by atomic mass is 32.2. The molecule has 2 aromatic carbocycles. The molecule has 7 heteroatoms. The molecule has 0 saturated heterocycles. The van der Waals surface area contributed by atoms with Crippen molar-refractivity contribution in [3.05, 3.63) is 83.6 Å². The zero-order valence-corrected chi connectivity index (χ0v) is 15.1. The summed E-state index contributed by atoms with van der Waals surface area (Å²) in [4.78, 5) is 17.1. The normalized spacial score (nSPS) is 11.3. The second-order valence-corrected chi connectivity index (χ2v) is 6.87. The van der Waals surface area contributed by atoms with Gasteiger partial charge in [0.2, 0.25) is 0 Å². The second-order valence-electron chi connectivity index (χ2n) is 5.80. The van der Waals surface area contributed by atoms with Crippen LogP contribution in [0.2, 0.25) is 0 Å². The van der Waals surface area contributed by atoms with Crippen LogP contribution in [0.5, 0.6) is 0 Å². The largest absolute Gasteiger partial charge is 0.416 e. The Labute approximate surface area is 158 Å². The summed E-state index contributed by atoms with van der Waals surface area (Å²) in [6.07, 6.45) is -2.93. The number of pyridine rings is 1. The standard InChI is InChI=1S/C20H15F3N2OS/c1-13-7-9-15(10-8-13)25-18(26)17-6-3-11-24-19(17)27-16-5-2-4-14(12-16)20(21,22)23/h2-12H,1H3,(H,25,26). The molecule has 3 rings (SSSR count). The van der Waals surface area contributed by atoms with Gasteiger partial charge in [0.1, 0.15) is 5.03 Å². The van der Waals surface area contributed by atoms with Crippen molar-refractivity contribution in [3.8, 4) is 0 Å². The molecule has 27 heavy (non-hydrogen) atoms. The van der Waals surface area contributed by atoms with Crippen LogP contribution in [-0.4, -0.2) is 10.9 Å². The summed E-state index contributed by atoms with van der Waals surface area (Å²) in [5.74, 6) is -0.374. The summed E-state index contributed by atoms with van der Waals surface area (Å²) >= 11 is 1.01. The summed E-state index contributed by atoms with van der Waals surface area (Å²) in [5.41, 5.74) is 1.24. The van der Waals surface area contributed by atoms with Gasteiger partial charge < -0.3 is 5.32 Å². The highest BCUT2D eigenvalue weighted by Gasteiger charge is 2.30. The maximum Gasteiger partial charge on any atom is 0.416 e. The van der Waals surface area contributed by atoms with Crippen LogP contribution >= 0.6 is 11.8 Å². The Balaban J connectivity index is 1.84. The summed E-state index contributed by atoms with van der Waals surface area (Å²) in [6, 6.07) is 15.4. The van der Waals surface area contributed by atoms with Crippen LogP contribution in [0.3, 0.4) is 0 Å². The average Bonchev–Trinajstić information content (AvgIpc) is 2.63. The highest BCUT2D eigenvalue weighted by molar-refractivity contribution is 7.99. The first kappa shape index (κ1) is 19.0. The van der Waals surface area contributed by atoms with E-state index in [0.29, 0.717) is 21.2 Å². The van der Waals surface area contributed by atoms with Gasteiger partial charge >= 0.3 is 6.18 Å². The number of benzene rings is 2. The molecule has 0 aliphatic heterocycles. The van der Waals surface area contributed by atoms with Crippen molar-refractivity contribution in [2.45, 2.75) is 23.0 Å².